The maximum atomic E-state index is 14.8. The summed E-state index contributed by atoms with van der Waals surface area (Å²) < 4.78 is 5.55. The van der Waals surface area contributed by atoms with Gasteiger partial charge in [0.25, 0.3) is 0 Å². The summed E-state index contributed by atoms with van der Waals surface area (Å²) in [5, 5.41) is 61.0. The molecule has 1 aromatic heterocycles. The van der Waals surface area contributed by atoms with Crippen LogP contribution in [0, 0.1) is 52.8 Å². The van der Waals surface area contributed by atoms with Gasteiger partial charge in [0.1, 0.15) is 11.2 Å². The first-order valence-corrected chi connectivity index (χ1v) is 26.5. The van der Waals surface area contributed by atoms with E-state index in [1.807, 2.05) is 18.2 Å². The zero-order valence-corrected chi connectivity index (χ0v) is 41.1. The van der Waals surface area contributed by atoms with Gasteiger partial charge in [-0.25, -0.2) is 0 Å². The minimum atomic E-state index is -1.31. The van der Waals surface area contributed by atoms with Crippen LogP contribution in [-0.2, 0) is 16.0 Å². The summed E-state index contributed by atoms with van der Waals surface area (Å²) in [4.78, 5) is 31.6. The number of piperidine rings is 1. The number of fused-ring (bicyclic) bond motifs is 5. The molecule has 4 aromatic rings. The van der Waals surface area contributed by atoms with E-state index in [4.69, 9.17) is 10.5 Å². The highest BCUT2D eigenvalue weighted by Crippen LogP contribution is 2.63. The molecule has 1 spiro atoms. The van der Waals surface area contributed by atoms with Gasteiger partial charge >= 0.3 is 0 Å². The Bertz CT molecular complexity index is 2810. The first-order valence-electron chi connectivity index (χ1n) is 26.5. The third-order valence-corrected chi connectivity index (χ3v) is 18.6. The van der Waals surface area contributed by atoms with Crippen LogP contribution in [0.3, 0.4) is 0 Å². The number of aromatic amines is 1. The number of H-pyrrole nitrogens is 1. The maximum Gasteiger partial charge on any atom is 0.160 e. The predicted molar refractivity (Wildman–Crippen MR) is 273 cm³/mol. The van der Waals surface area contributed by atoms with E-state index >= 15 is 0 Å². The van der Waals surface area contributed by atoms with E-state index in [9.17, 15) is 30.0 Å². The minimum absolute atomic E-state index is 0.0305. The number of methoxy groups -OCH3 is 1. The smallest absolute Gasteiger partial charge is 0.160 e. The Morgan fingerprint density at radius 3 is 2.62 bits per heavy atom. The Labute approximate surface area is 417 Å². The standard InChI is InChI=1S/C59H71N5O7/c1-3-61-31-46-44(21-39-30-64-47-27-40(65)26-45-41-15-19-63-58(41)57(46)55(39)56(45)47)37-13-17-59(53(70)24-37)16-12-36(43-29-50(68)51(71-2)23-35(43)10-11-52(59)69)22-48(66)49(67)28-42(38-14-18-62-54(60)25-38)34-9-8-32-6-4-5-7-33(32)20-34/h4-9,14-15,19-20,23,25,29,36-37,39,42,44-49,53,55-57,61-64,66-68,70H,3,10-11,13,17-18,21-22,24,26-28,30-31,60H2,1-2H3. The number of phenols is 1. The SMILES string of the molecule is CCNCC1C(C2CCC3(C#CC(CC(O)C(O)CC(C4=CCNC(N)=C4)c4ccc5ccccc5c4)c4cc(O)c(OC)cc4CCC3=O)C(O)C2)CC2CNC3CC(=O)CC4c5cc[nH]c5C1C2C34. The van der Waals surface area contributed by atoms with Crippen LogP contribution in [0.1, 0.15) is 116 Å². The molecule has 12 nitrogen and oxygen atoms in total. The number of ketones is 2. The molecule has 10 N–H and O–H groups in total. The predicted octanol–water partition coefficient (Wildman–Crippen LogP) is 6.56. The molecule has 15 unspecified atom stereocenters. The number of ether oxygens (including phenoxy) is 1. The molecule has 3 heterocycles. The van der Waals surface area contributed by atoms with Gasteiger partial charge in [0.05, 0.1) is 31.2 Å². The normalized spacial score (nSPS) is 33.3. The molecule has 2 aliphatic heterocycles. The van der Waals surface area contributed by atoms with Crippen molar-refractivity contribution in [3.05, 3.63) is 118 Å². The van der Waals surface area contributed by atoms with Gasteiger partial charge in [-0.05, 0) is 169 Å². The fourth-order valence-electron chi connectivity index (χ4n) is 15.2. The zero-order chi connectivity index (χ0) is 49.1. The van der Waals surface area contributed by atoms with Crippen molar-refractivity contribution >= 4 is 22.3 Å². The molecule has 0 radical (unpaired) electrons. The summed E-state index contributed by atoms with van der Waals surface area (Å²) in [5.74, 6) is 9.61. The lowest BCUT2D eigenvalue weighted by atomic mass is 9.46. The van der Waals surface area contributed by atoms with Crippen LogP contribution in [0.4, 0.5) is 0 Å². The molecule has 4 fully saturated rings. The minimum Gasteiger partial charge on any atom is -0.504 e. The number of nitrogens with one attached hydrogen (secondary N) is 4. The van der Waals surface area contributed by atoms with Crippen LogP contribution in [0.5, 0.6) is 11.5 Å². The number of Topliss-reactive ketones (excluding diaryl/α,β-unsaturated/α-hetero) is 2. The Balaban J connectivity index is 0.886. The lowest BCUT2D eigenvalue weighted by molar-refractivity contribution is -0.137. The number of rotatable bonds is 12. The Hall–Kier alpha value is -5.42. The maximum absolute atomic E-state index is 14.8. The molecule has 1 saturated heterocycles. The van der Waals surface area contributed by atoms with Crippen molar-refractivity contribution in [2.75, 3.05) is 33.3 Å². The van der Waals surface area contributed by atoms with E-state index in [1.165, 1.54) is 18.4 Å². The number of nitrogens with two attached hydrogens (primary N) is 1. The van der Waals surface area contributed by atoms with Gasteiger partial charge in [-0.15, -0.1) is 0 Å². The summed E-state index contributed by atoms with van der Waals surface area (Å²) in [6.45, 7) is 5.32. The number of benzene rings is 3. The van der Waals surface area contributed by atoms with Crippen LogP contribution in [-0.4, -0.2) is 94.6 Å². The van der Waals surface area contributed by atoms with Crippen LogP contribution < -0.4 is 26.4 Å². The number of aryl methyl sites for hydroxylation is 1. The van der Waals surface area contributed by atoms with Gasteiger partial charge in [-0.1, -0.05) is 67.3 Å². The van der Waals surface area contributed by atoms with E-state index in [0.29, 0.717) is 91.3 Å². The molecule has 3 saturated carbocycles. The highest BCUT2D eigenvalue weighted by Gasteiger charge is 2.60. The molecule has 7 aliphatic rings. The third kappa shape index (κ3) is 8.69. The lowest BCUT2D eigenvalue weighted by Gasteiger charge is -2.61. The second kappa shape index (κ2) is 19.5. The quantitative estimate of drug-likeness (QED) is 0.0697. The number of allylic oxidation sites excluding steroid dienone is 2. The summed E-state index contributed by atoms with van der Waals surface area (Å²) in [7, 11) is 1.49. The molecule has 0 bridgehead atoms. The van der Waals surface area contributed by atoms with Crippen molar-refractivity contribution in [3.63, 3.8) is 0 Å². The van der Waals surface area contributed by atoms with E-state index < -0.39 is 29.6 Å². The first-order chi connectivity index (χ1) is 34.4. The van der Waals surface area contributed by atoms with Crippen molar-refractivity contribution in [1.82, 2.24) is 20.9 Å². The number of phenolic OH excluding ortho intramolecular Hbond substituents is 1. The molecule has 5 aliphatic carbocycles. The van der Waals surface area contributed by atoms with Gasteiger partial charge in [-0.3, -0.25) is 9.59 Å². The fourth-order valence-corrected chi connectivity index (χ4v) is 15.2. The summed E-state index contributed by atoms with van der Waals surface area (Å²) >= 11 is 0. The molecule has 3 aromatic carbocycles. The van der Waals surface area contributed by atoms with Crippen molar-refractivity contribution in [1.29, 1.82) is 0 Å². The van der Waals surface area contributed by atoms with E-state index in [0.717, 1.165) is 59.9 Å². The van der Waals surface area contributed by atoms with Crippen LogP contribution in [0.25, 0.3) is 10.8 Å². The Kier molecular flexibility index (Phi) is 13.2. The van der Waals surface area contributed by atoms with Gasteiger partial charge in [0, 0.05) is 61.5 Å². The Morgan fingerprint density at radius 2 is 1.82 bits per heavy atom. The molecule has 11 rings (SSSR count). The lowest BCUT2D eigenvalue weighted by Crippen LogP contribution is -2.63. The van der Waals surface area contributed by atoms with Gasteiger partial charge < -0.3 is 51.8 Å². The molecule has 0 amide bonds. The van der Waals surface area contributed by atoms with Crippen molar-refractivity contribution in [3.8, 4) is 23.3 Å². The highest BCUT2D eigenvalue weighted by atomic mass is 16.5. The second-order valence-electron chi connectivity index (χ2n) is 22.2. The average molecular weight is 962 g/mol. The Morgan fingerprint density at radius 1 is 0.972 bits per heavy atom. The summed E-state index contributed by atoms with van der Waals surface area (Å²) in [6.07, 6.45) is 7.25. The van der Waals surface area contributed by atoms with Crippen molar-refractivity contribution in [2.24, 2.45) is 46.7 Å². The van der Waals surface area contributed by atoms with E-state index in [2.05, 4.69) is 88.4 Å². The van der Waals surface area contributed by atoms with Gasteiger partial charge in [0.2, 0.25) is 0 Å². The number of aromatic nitrogens is 1. The summed E-state index contributed by atoms with van der Waals surface area (Å²) in [5.41, 5.74) is 11.0. The number of aromatic hydroxyl groups is 1. The zero-order valence-electron chi connectivity index (χ0n) is 41.1. The topological polar surface area (TPSA) is 202 Å². The molecular formula is C59H71N5O7. The number of dihydropyridines is 1. The van der Waals surface area contributed by atoms with E-state index in [1.54, 1.807) is 12.1 Å². The number of carbonyl (C=O) groups is 2. The van der Waals surface area contributed by atoms with Crippen LogP contribution in [0.15, 0.2) is 90.4 Å². The second-order valence-corrected chi connectivity index (χ2v) is 22.2. The monoisotopic (exact) mass is 962 g/mol. The number of hydrogen-bond donors (Lipinski definition) is 9. The van der Waals surface area contributed by atoms with Crippen molar-refractivity contribution < 1.29 is 34.8 Å². The van der Waals surface area contributed by atoms with Crippen molar-refractivity contribution in [2.45, 2.75) is 119 Å². The van der Waals surface area contributed by atoms with Gasteiger partial charge in [0.15, 0.2) is 17.3 Å². The summed E-state index contributed by atoms with van der Waals surface area (Å²) in [6, 6.07) is 20.3. The number of hydrogen-bond acceptors (Lipinski definition) is 11. The van der Waals surface area contributed by atoms with Crippen LogP contribution in [0.2, 0.25) is 0 Å². The number of aliphatic hydroxyl groups excluding tert-OH is 3. The molecule has 374 valence electrons. The first kappa shape index (κ1) is 47.9. The molecular weight excluding hydrogens is 891 g/mol. The largest absolute Gasteiger partial charge is 0.504 e. The van der Waals surface area contributed by atoms with Gasteiger partial charge in [-0.2, -0.15) is 0 Å². The fraction of sp³-hybridized carbons (Fsp3) is 0.525. The average Bonchev–Trinajstić information content (AvgIpc) is 3.89. The molecule has 12 heteroatoms. The number of aliphatic hydroxyl groups is 3. The van der Waals surface area contributed by atoms with E-state index in [-0.39, 0.29) is 60.3 Å². The highest BCUT2D eigenvalue weighted by molar-refractivity contribution is 5.89. The third-order valence-electron chi connectivity index (χ3n) is 18.6. The number of carbonyl (C=O) groups excluding carboxylic acids is 2. The molecule has 15 atom stereocenters. The van der Waals surface area contributed by atoms with Crippen LogP contribution >= 0.6 is 0 Å². The molecule has 71 heavy (non-hydrogen) atoms.